The predicted molar refractivity (Wildman–Crippen MR) is 48.5 cm³/mol. The van der Waals surface area contributed by atoms with Crippen LogP contribution in [0.3, 0.4) is 0 Å². The van der Waals surface area contributed by atoms with E-state index < -0.39 is 0 Å². The third-order valence-corrected chi connectivity index (χ3v) is 4.08. The maximum absolute atomic E-state index is 9.50. The molecule has 3 heteroatoms. The third kappa shape index (κ3) is 0.953. The Hall–Kier alpha value is -0.120. The summed E-state index contributed by atoms with van der Waals surface area (Å²) in [7, 11) is 0. The molecule has 3 aliphatic rings. The van der Waals surface area contributed by atoms with Gasteiger partial charge in [-0.05, 0) is 25.8 Å². The Bertz CT molecular complexity index is 227. The molecule has 13 heavy (non-hydrogen) atoms. The van der Waals surface area contributed by atoms with Crippen LogP contribution in [-0.4, -0.2) is 48.5 Å². The summed E-state index contributed by atoms with van der Waals surface area (Å²) >= 11 is 0. The van der Waals surface area contributed by atoms with Crippen LogP contribution >= 0.6 is 0 Å². The minimum absolute atomic E-state index is 0.143. The van der Waals surface area contributed by atoms with Crippen molar-refractivity contribution in [3.8, 4) is 0 Å². The number of aliphatic hydroxyl groups excluding tert-OH is 1. The zero-order valence-electron chi connectivity index (χ0n) is 7.96. The second kappa shape index (κ2) is 2.47. The van der Waals surface area contributed by atoms with E-state index in [-0.39, 0.29) is 5.54 Å². The first-order valence-electron chi connectivity index (χ1n) is 5.22. The van der Waals surface area contributed by atoms with Crippen LogP contribution < -0.4 is 0 Å². The molecule has 1 unspecified atom stereocenters. The van der Waals surface area contributed by atoms with Gasteiger partial charge in [-0.1, -0.05) is 0 Å². The Kier molecular flexibility index (Phi) is 1.56. The average molecular weight is 183 g/mol. The van der Waals surface area contributed by atoms with Gasteiger partial charge in [0.15, 0.2) is 0 Å². The van der Waals surface area contributed by atoms with Gasteiger partial charge in [0.25, 0.3) is 0 Å². The second-order valence-electron chi connectivity index (χ2n) is 5.08. The Labute approximate surface area is 78.7 Å². The van der Waals surface area contributed by atoms with E-state index in [1.165, 1.54) is 19.4 Å². The summed E-state index contributed by atoms with van der Waals surface area (Å²) < 4.78 is 5.31. The van der Waals surface area contributed by atoms with Crippen molar-refractivity contribution in [1.29, 1.82) is 0 Å². The van der Waals surface area contributed by atoms with Crippen molar-refractivity contribution in [2.75, 3.05) is 32.9 Å². The predicted octanol–water partition coefficient (Wildman–Crippen LogP) is 0.234. The van der Waals surface area contributed by atoms with Crippen LogP contribution in [0.5, 0.6) is 0 Å². The van der Waals surface area contributed by atoms with Crippen LogP contribution in [-0.2, 0) is 4.74 Å². The molecule has 0 radical (unpaired) electrons. The fourth-order valence-electron chi connectivity index (χ4n) is 3.42. The minimum Gasteiger partial charge on any atom is -0.394 e. The summed E-state index contributed by atoms with van der Waals surface area (Å²) in [4.78, 5) is 2.50. The number of rotatable bonds is 1. The molecule has 0 saturated carbocycles. The maximum Gasteiger partial charge on any atom is 0.0615 e. The topological polar surface area (TPSA) is 32.7 Å². The SMILES string of the molecule is OCC12CCCN1CC1(COC1)C2. The van der Waals surface area contributed by atoms with Crippen molar-refractivity contribution < 1.29 is 9.84 Å². The van der Waals surface area contributed by atoms with E-state index in [1.807, 2.05) is 0 Å². The van der Waals surface area contributed by atoms with Crippen molar-refractivity contribution in [3.05, 3.63) is 0 Å². The van der Waals surface area contributed by atoms with Gasteiger partial charge in [-0.2, -0.15) is 0 Å². The van der Waals surface area contributed by atoms with E-state index in [0.717, 1.165) is 26.2 Å². The summed E-state index contributed by atoms with van der Waals surface area (Å²) in [6.45, 7) is 4.53. The fourth-order valence-corrected chi connectivity index (χ4v) is 3.42. The van der Waals surface area contributed by atoms with E-state index in [4.69, 9.17) is 4.74 Å². The normalized spacial score (nSPS) is 42.2. The molecule has 0 bridgehead atoms. The van der Waals surface area contributed by atoms with Crippen LogP contribution in [0.25, 0.3) is 0 Å². The van der Waals surface area contributed by atoms with Crippen molar-refractivity contribution in [2.45, 2.75) is 24.8 Å². The molecule has 3 nitrogen and oxygen atoms in total. The molecular formula is C10H17NO2. The molecule has 1 spiro atoms. The summed E-state index contributed by atoms with van der Waals surface area (Å²) in [6, 6.07) is 0. The van der Waals surface area contributed by atoms with Gasteiger partial charge in [0.2, 0.25) is 0 Å². The molecular weight excluding hydrogens is 166 g/mol. The van der Waals surface area contributed by atoms with E-state index in [1.54, 1.807) is 0 Å². The Morgan fingerprint density at radius 3 is 2.77 bits per heavy atom. The number of aliphatic hydroxyl groups is 1. The van der Waals surface area contributed by atoms with Gasteiger partial charge >= 0.3 is 0 Å². The Morgan fingerprint density at radius 1 is 1.38 bits per heavy atom. The number of nitrogens with zero attached hydrogens (tertiary/aromatic N) is 1. The molecule has 3 rings (SSSR count). The van der Waals surface area contributed by atoms with Crippen LogP contribution in [0.1, 0.15) is 19.3 Å². The van der Waals surface area contributed by atoms with Crippen LogP contribution in [0.4, 0.5) is 0 Å². The van der Waals surface area contributed by atoms with Crippen molar-refractivity contribution in [2.24, 2.45) is 5.41 Å². The maximum atomic E-state index is 9.50. The number of hydrogen-bond acceptors (Lipinski definition) is 3. The summed E-state index contributed by atoms with van der Waals surface area (Å²) in [5.74, 6) is 0. The lowest BCUT2D eigenvalue weighted by Crippen LogP contribution is -2.44. The zero-order valence-corrected chi connectivity index (χ0v) is 7.96. The van der Waals surface area contributed by atoms with Gasteiger partial charge in [-0.15, -0.1) is 0 Å². The van der Waals surface area contributed by atoms with E-state index in [0.29, 0.717) is 12.0 Å². The highest BCUT2D eigenvalue weighted by molar-refractivity contribution is 5.10. The number of hydrogen-bond donors (Lipinski definition) is 1. The molecule has 74 valence electrons. The second-order valence-corrected chi connectivity index (χ2v) is 5.08. The van der Waals surface area contributed by atoms with Crippen molar-refractivity contribution >= 4 is 0 Å². The molecule has 0 aromatic rings. The molecule has 1 atom stereocenters. The molecule has 0 aromatic carbocycles. The highest BCUT2D eigenvalue weighted by Gasteiger charge is 2.57. The minimum atomic E-state index is 0.143. The van der Waals surface area contributed by atoms with Gasteiger partial charge < -0.3 is 9.84 Å². The Morgan fingerprint density at radius 2 is 2.23 bits per heavy atom. The fraction of sp³-hybridized carbons (Fsp3) is 1.00. The van der Waals surface area contributed by atoms with Gasteiger partial charge in [0.05, 0.1) is 19.8 Å². The molecule has 3 saturated heterocycles. The Balaban J connectivity index is 1.85. The lowest BCUT2D eigenvalue weighted by Gasteiger charge is -2.38. The van der Waals surface area contributed by atoms with Gasteiger partial charge in [-0.3, -0.25) is 4.90 Å². The molecule has 3 heterocycles. The summed E-state index contributed by atoms with van der Waals surface area (Å²) in [5.41, 5.74) is 0.562. The summed E-state index contributed by atoms with van der Waals surface area (Å²) in [6.07, 6.45) is 3.61. The van der Waals surface area contributed by atoms with E-state index >= 15 is 0 Å². The van der Waals surface area contributed by atoms with Gasteiger partial charge in [0, 0.05) is 17.5 Å². The first kappa shape index (κ1) is 8.21. The largest absolute Gasteiger partial charge is 0.394 e. The van der Waals surface area contributed by atoms with E-state index in [2.05, 4.69) is 4.90 Å². The number of fused-ring (bicyclic) bond motifs is 1. The van der Waals surface area contributed by atoms with Crippen molar-refractivity contribution in [3.63, 3.8) is 0 Å². The molecule has 0 aromatic heterocycles. The lowest BCUT2D eigenvalue weighted by molar-refractivity contribution is -0.107. The molecule has 0 amide bonds. The lowest BCUT2D eigenvalue weighted by atomic mass is 9.78. The third-order valence-electron chi connectivity index (χ3n) is 4.08. The van der Waals surface area contributed by atoms with Crippen LogP contribution in [0.2, 0.25) is 0 Å². The smallest absolute Gasteiger partial charge is 0.0615 e. The molecule has 3 fully saturated rings. The summed E-state index contributed by atoms with van der Waals surface area (Å²) in [5, 5.41) is 9.50. The van der Waals surface area contributed by atoms with Crippen molar-refractivity contribution in [1.82, 2.24) is 4.90 Å². The number of ether oxygens (including phenoxy) is 1. The molecule has 0 aliphatic carbocycles. The average Bonchev–Trinajstić information content (AvgIpc) is 2.54. The monoisotopic (exact) mass is 183 g/mol. The van der Waals surface area contributed by atoms with Crippen LogP contribution in [0, 0.1) is 5.41 Å². The first-order valence-corrected chi connectivity index (χ1v) is 5.22. The standard InChI is InChI=1S/C10H17NO2/c12-6-10-2-1-3-11(10)5-9(4-10)7-13-8-9/h12H,1-8H2. The molecule has 3 aliphatic heterocycles. The zero-order chi connectivity index (χ0) is 8.94. The van der Waals surface area contributed by atoms with E-state index in [9.17, 15) is 5.11 Å². The highest BCUT2D eigenvalue weighted by Crippen LogP contribution is 2.50. The quantitative estimate of drug-likeness (QED) is 0.632. The highest BCUT2D eigenvalue weighted by atomic mass is 16.5. The van der Waals surface area contributed by atoms with Crippen LogP contribution in [0.15, 0.2) is 0 Å². The first-order chi connectivity index (χ1) is 6.29. The van der Waals surface area contributed by atoms with Gasteiger partial charge in [-0.25, -0.2) is 0 Å². The molecule has 1 N–H and O–H groups in total. The van der Waals surface area contributed by atoms with Gasteiger partial charge in [0.1, 0.15) is 0 Å².